The minimum absolute atomic E-state index is 0.0811. The molecule has 1 unspecified atom stereocenters. The quantitative estimate of drug-likeness (QED) is 0.842. The molecule has 0 aromatic heterocycles. The lowest BCUT2D eigenvalue weighted by Crippen LogP contribution is -2.39. The number of nitrogens with zero attached hydrogens (tertiary/aromatic N) is 1. The SMILES string of the molecule is CC1CC(=O)Nc2ccccc2N1C(=O)c1ccccc1Br. The Morgan fingerprint density at radius 2 is 1.86 bits per heavy atom. The summed E-state index contributed by atoms with van der Waals surface area (Å²) >= 11 is 3.42. The summed E-state index contributed by atoms with van der Waals surface area (Å²) in [5.41, 5.74) is 1.97. The molecule has 3 rings (SSSR count). The van der Waals surface area contributed by atoms with Crippen LogP contribution >= 0.6 is 15.9 Å². The van der Waals surface area contributed by atoms with Crippen LogP contribution in [0.5, 0.6) is 0 Å². The van der Waals surface area contributed by atoms with Crippen LogP contribution < -0.4 is 10.2 Å². The van der Waals surface area contributed by atoms with Crippen molar-refractivity contribution in [2.75, 3.05) is 10.2 Å². The molecule has 4 nitrogen and oxygen atoms in total. The second-order valence-electron chi connectivity index (χ2n) is 5.27. The number of nitrogens with one attached hydrogen (secondary N) is 1. The third-order valence-corrected chi connectivity index (χ3v) is 4.37. The summed E-state index contributed by atoms with van der Waals surface area (Å²) in [6.45, 7) is 1.89. The maximum atomic E-state index is 13.0. The van der Waals surface area contributed by atoms with Gasteiger partial charge in [-0.25, -0.2) is 0 Å². The highest BCUT2D eigenvalue weighted by molar-refractivity contribution is 9.10. The molecule has 0 saturated carbocycles. The first-order valence-corrected chi connectivity index (χ1v) is 7.84. The predicted octanol–water partition coefficient (Wildman–Crippen LogP) is 3.83. The second kappa shape index (κ2) is 5.93. The maximum Gasteiger partial charge on any atom is 0.259 e. The van der Waals surface area contributed by atoms with Crippen LogP contribution in [0.25, 0.3) is 0 Å². The molecule has 1 aliphatic heterocycles. The molecule has 0 radical (unpaired) electrons. The smallest absolute Gasteiger partial charge is 0.259 e. The molecule has 0 bridgehead atoms. The van der Waals surface area contributed by atoms with Gasteiger partial charge in [0.05, 0.1) is 16.9 Å². The van der Waals surface area contributed by atoms with Gasteiger partial charge in [0.15, 0.2) is 0 Å². The van der Waals surface area contributed by atoms with Crippen LogP contribution in [0.4, 0.5) is 11.4 Å². The second-order valence-corrected chi connectivity index (χ2v) is 6.13. The van der Waals surface area contributed by atoms with Gasteiger partial charge in [-0.15, -0.1) is 0 Å². The normalized spacial score (nSPS) is 17.5. The summed E-state index contributed by atoms with van der Waals surface area (Å²) in [4.78, 5) is 26.7. The molecule has 5 heteroatoms. The molecule has 112 valence electrons. The first-order chi connectivity index (χ1) is 10.6. The van der Waals surface area contributed by atoms with Gasteiger partial charge in [-0.1, -0.05) is 24.3 Å². The Hall–Kier alpha value is -2.14. The molecule has 1 atom stereocenters. The van der Waals surface area contributed by atoms with E-state index in [0.717, 1.165) is 10.2 Å². The number of halogens is 1. The number of anilines is 2. The summed E-state index contributed by atoms with van der Waals surface area (Å²) in [5.74, 6) is -0.202. The molecule has 1 heterocycles. The van der Waals surface area contributed by atoms with E-state index in [4.69, 9.17) is 0 Å². The Morgan fingerprint density at radius 1 is 1.18 bits per heavy atom. The van der Waals surface area contributed by atoms with E-state index in [1.54, 1.807) is 11.0 Å². The Kier molecular flexibility index (Phi) is 3.98. The fourth-order valence-electron chi connectivity index (χ4n) is 2.66. The molecule has 22 heavy (non-hydrogen) atoms. The van der Waals surface area contributed by atoms with Gasteiger partial charge in [0.1, 0.15) is 0 Å². The number of hydrogen-bond donors (Lipinski definition) is 1. The average molecular weight is 359 g/mol. The van der Waals surface area contributed by atoms with E-state index in [1.165, 1.54) is 0 Å². The first kappa shape index (κ1) is 14.8. The van der Waals surface area contributed by atoms with Crippen LogP contribution in [-0.4, -0.2) is 17.9 Å². The highest BCUT2D eigenvalue weighted by Gasteiger charge is 2.30. The zero-order valence-electron chi connectivity index (χ0n) is 12.0. The maximum absolute atomic E-state index is 13.0. The number of carbonyl (C=O) groups excluding carboxylic acids is 2. The van der Waals surface area contributed by atoms with Gasteiger partial charge < -0.3 is 10.2 Å². The van der Waals surface area contributed by atoms with Crippen LogP contribution in [0, 0.1) is 0 Å². The Labute approximate surface area is 137 Å². The zero-order chi connectivity index (χ0) is 15.7. The van der Waals surface area contributed by atoms with E-state index in [-0.39, 0.29) is 24.3 Å². The molecular weight excluding hydrogens is 344 g/mol. The Balaban J connectivity index is 2.10. The number of benzene rings is 2. The highest BCUT2D eigenvalue weighted by Crippen LogP contribution is 2.33. The van der Waals surface area contributed by atoms with Crippen molar-refractivity contribution in [1.82, 2.24) is 0 Å². The number of para-hydroxylation sites is 2. The van der Waals surface area contributed by atoms with E-state index >= 15 is 0 Å². The lowest BCUT2D eigenvalue weighted by molar-refractivity contribution is -0.116. The molecule has 0 fully saturated rings. The van der Waals surface area contributed by atoms with Crippen molar-refractivity contribution < 1.29 is 9.59 Å². The van der Waals surface area contributed by atoms with Gasteiger partial charge in [-0.05, 0) is 47.1 Å². The largest absolute Gasteiger partial charge is 0.324 e. The van der Waals surface area contributed by atoms with E-state index in [0.29, 0.717) is 11.3 Å². The minimum Gasteiger partial charge on any atom is -0.324 e. The van der Waals surface area contributed by atoms with Crippen molar-refractivity contribution in [1.29, 1.82) is 0 Å². The third-order valence-electron chi connectivity index (χ3n) is 3.68. The fraction of sp³-hybridized carbons (Fsp3) is 0.176. The summed E-state index contributed by atoms with van der Waals surface area (Å²) in [7, 11) is 0. The van der Waals surface area contributed by atoms with Crippen molar-refractivity contribution in [2.45, 2.75) is 19.4 Å². The summed E-state index contributed by atoms with van der Waals surface area (Å²) in [5, 5.41) is 2.86. The van der Waals surface area contributed by atoms with Crippen LogP contribution in [0.3, 0.4) is 0 Å². The minimum atomic E-state index is -0.219. The highest BCUT2D eigenvalue weighted by atomic mass is 79.9. The third kappa shape index (κ3) is 2.64. The Morgan fingerprint density at radius 3 is 2.64 bits per heavy atom. The monoisotopic (exact) mass is 358 g/mol. The first-order valence-electron chi connectivity index (χ1n) is 7.05. The van der Waals surface area contributed by atoms with Crippen molar-refractivity contribution in [3.8, 4) is 0 Å². The van der Waals surface area contributed by atoms with E-state index < -0.39 is 0 Å². The van der Waals surface area contributed by atoms with Crippen LogP contribution in [0.2, 0.25) is 0 Å². The number of amides is 2. The molecule has 0 aliphatic carbocycles. The van der Waals surface area contributed by atoms with Crippen molar-refractivity contribution in [2.24, 2.45) is 0 Å². The summed E-state index contributed by atoms with van der Waals surface area (Å²) < 4.78 is 0.744. The standard InChI is InChI=1S/C17H15BrN2O2/c1-11-10-16(21)19-14-8-4-5-9-15(14)20(11)17(22)12-6-2-3-7-13(12)18/h2-9,11H,10H2,1H3,(H,19,21). The van der Waals surface area contributed by atoms with Gasteiger partial charge >= 0.3 is 0 Å². The topological polar surface area (TPSA) is 49.4 Å². The van der Waals surface area contributed by atoms with Gasteiger partial charge in [0.2, 0.25) is 5.91 Å². The van der Waals surface area contributed by atoms with Crippen LogP contribution in [-0.2, 0) is 4.79 Å². The van der Waals surface area contributed by atoms with Gasteiger partial charge in [-0.2, -0.15) is 0 Å². The van der Waals surface area contributed by atoms with E-state index in [2.05, 4.69) is 21.2 Å². The van der Waals surface area contributed by atoms with Crippen molar-refractivity contribution in [3.63, 3.8) is 0 Å². The molecule has 2 amide bonds. The van der Waals surface area contributed by atoms with Gasteiger partial charge in [0, 0.05) is 16.9 Å². The predicted molar refractivity (Wildman–Crippen MR) is 90.1 cm³/mol. The zero-order valence-corrected chi connectivity index (χ0v) is 13.6. The Bertz CT molecular complexity index is 745. The van der Waals surface area contributed by atoms with E-state index in [1.807, 2.05) is 49.4 Å². The number of carbonyl (C=O) groups is 2. The van der Waals surface area contributed by atoms with Crippen molar-refractivity contribution >= 4 is 39.1 Å². The van der Waals surface area contributed by atoms with Gasteiger partial charge in [0.25, 0.3) is 5.91 Å². The molecule has 2 aromatic rings. The van der Waals surface area contributed by atoms with Crippen LogP contribution in [0.15, 0.2) is 53.0 Å². The molecule has 0 spiro atoms. The molecule has 1 aliphatic rings. The molecule has 0 saturated heterocycles. The molecular formula is C17H15BrN2O2. The molecule has 2 aromatic carbocycles. The number of hydrogen-bond acceptors (Lipinski definition) is 2. The lowest BCUT2D eigenvalue weighted by atomic mass is 10.1. The van der Waals surface area contributed by atoms with Crippen molar-refractivity contribution in [3.05, 3.63) is 58.6 Å². The number of rotatable bonds is 1. The average Bonchev–Trinajstić information content (AvgIpc) is 2.61. The lowest BCUT2D eigenvalue weighted by Gasteiger charge is -2.28. The number of fused-ring (bicyclic) bond motifs is 1. The summed E-state index contributed by atoms with van der Waals surface area (Å²) in [6, 6.07) is 14.5. The molecule has 1 N–H and O–H groups in total. The van der Waals surface area contributed by atoms with Crippen LogP contribution in [0.1, 0.15) is 23.7 Å². The summed E-state index contributed by atoms with van der Waals surface area (Å²) in [6.07, 6.45) is 0.269. The van der Waals surface area contributed by atoms with E-state index in [9.17, 15) is 9.59 Å². The van der Waals surface area contributed by atoms with Gasteiger partial charge in [-0.3, -0.25) is 9.59 Å². The fourth-order valence-corrected chi connectivity index (χ4v) is 3.12.